The first kappa shape index (κ1) is 12.8. The Morgan fingerprint density at radius 3 is 2.89 bits per heavy atom. The molecule has 0 aliphatic heterocycles. The molecule has 0 unspecified atom stereocenters. The van der Waals surface area contributed by atoms with E-state index in [0.717, 1.165) is 25.3 Å². The first-order chi connectivity index (χ1) is 8.63. The first-order valence-electron chi connectivity index (χ1n) is 6.34. The summed E-state index contributed by atoms with van der Waals surface area (Å²) in [4.78, 5) is 0. The van der Waals surface area contributed by atoms with Crippen LogP contribution in [0.1, 0.15) is 25.1 Å². The van der Waals surface area contributed by atoms with Crippen molar-refractivity contribution in [3.05, 3.63) is 35.9 Å². The predicted octanol–water partition coefficient (Wildman–Crippen LogP) is 1.41. The van der Waals surface area contributed by atoms with Crippen LogP contribution < -0.4 is 5.32 Å². The Bertz CT molecular complexity index is 483. The predicted molar refractivity (Wildman–Crippen MR) is 71.1 cm³/mol. The monoisotopic (exact) mass is 247 g/mol. The topological polar surface area (TPSA) is 47.7 Å². The molecule has 0 aliphatic carbocycles. The normalized spacial score (nSPS) is 11.3. The second kappa shape index (κ2) is 5.82. The summed E-state index contributed by atoms with van der Waals surface area (Å²) in [6.45, 7) is 7.05. The van der Waals surface area contributed by atoms with Gasteiger partial charge in [-0.2, -0.15) is 10.2 Å². The third kappa shape index (κ3) is 3.70. The molecule has 1 N–H and O–H groups in total. The minimum Gasteiger partial charge on any atom is -0.312 e. The van der Waals surface area contributed by atoms with E-state index in [1.807, 2.05) is 34.9 Å². The Balaban J connectivity index is 1.86. The van der Waals surface area contributed by atoms with Gasteiger partial charge in [0.25, 0.3) is 0 Å². The van der Waals surface area contributed by atoms with E-state index in [1.165, 1.54) is 5.56 Å². The molecule has 0 atom stereocenters. The minimum atomic E-state index is 0.675. The number of aryl methyl sites for hydroxylation is 1. The zero-order valence-corrected chi connectivity index (χ0v) is 11.3. The average molecular weight is 247 g/mol. The fourth-order valence-corrected chi connectivity index (χ4v) is 1.80. The molecule has 0 saturated carbocycles. The lowest BCUT2D eigenvalue weighted by molar-refractivity contribution is 0.552. The van der Waals surface area contributed by atoms with E-state index in [1.54, 1.807) is 0 Å². The van der Waals surface area contributed by atoms with Crippen LogP contribution in [0.25, 0.3) is 0 Å². The Morgan fingerprint density at radius 2 is 2.22 bits per heavy atom. The molecule has 5 nitrogen and oxygen atoms in total. The van der Waals surface area contributed by atoms with Gasteiger partial charge in [-0.15, -0.1) is 0 Å². The SMILES string of the molecule is CC(C)CNCc1cnn(Cc2ccn(C)n2)c1. The second-order valence-electron chi connectivity index (χ2n) is 5.05. The summed E-state index contributed by atoms with van der Waals surface area (Å²) in [5.74, 6) is 0.675. The van der Waals surface area contributed by atoms with Crippen LogP contribution in [-0.4, -0.2) is 26.1 Å². The standard InChI is InChI=1S/C13H21N5/c1-11(2)6-14-7-12-8-15-18(9-12)10-13-4-5-17(3)16-13/h4-5,8-9,11,14H,6-7,10H2,1-3H3. The number of aromatic nitrogens is 4. The summed E-state index contributed by atoms with van der Waals surface area (Å²) in [5.41, 5.74) is 2.24. The van der Waals surface area contributed by atoms with Crippen molar-refractivity contribution in [2.24, 2.45) is 13.0 Å². The van der Waals surface area contributed by atoms with Gasteiger partial charge < -0.3 is 5.32 Å². The third-order valence-corrected chi connectivity index (χ3v) is 2.66. The number of rotatable bonds is 6. The molecule has 0 amide bonds. The molecule has 0 aromatic carbocycles. The van der Waals surface area contributed by atoms with Gasteiger partial charge >= 0.3 is 0 Å². The molecule has 0 radical (unpaired) electrons. The van der Waals surface area contributed by atoms with E-state index >= 15 is 0 Å². The van der Waals surface area contributed by atoms with E-state index in [-0.39, 0.29) is 0 Å². The van der Waals surface area contributed by atoms with Gasteiger partial charge in [0.05, 0.1) is 18.4 Å². The van der Waals surface area contributed by atoms with Gasteiger partial charge in [0.2, 0.25) is 0 Å². The molecule has 2 heterocycles. The van der Waals surface area contributed by atoms with Crippen LogP contribution in [0.2, 0.25) is 0 Å². The summed E-state index contributed by atoms with van der Waals surface area (Å²) in [6.07, 6.45) is 5.93. The van der Waals surface area contributed by atoms with Gasteiger partial charge in [-0.3, -0.25) is 9.36 Å². The highest BCUT2D eigenvalue weighted by molar-refractivity contribution is 5.06. The summed E-state index contributed by atoms with van der Waals surface area (Å²) in [6, 6.07) is 2.01. The van der Waals surface area contributed by atoms with E-state index in [2.05, 4.69) is 35.6 Å². The smallest absolute Gasteiger partial charge is 0.0849 e. The zero-order valence-electron chi connectivity index (χ0n) is 11.3. The molecule has 5 heteroatoms. The van der Waals surface area contributed by atoms with Crippen molar-refractivity contribution in [2.75, 3.05) is 6.54 Å². The maximum Gasteiger partial charge on any atom is 0.0849 e. The molecule has 18 heavy (non-hydrogen) atoms. The van der Waals surface area contributed by atoms with Gasteiger partial charge in [-0.1, -0.05) is 13.8 Å². The molecule has 2 aromatic rings. The third-order valence-electron chi connectivity index (χ3n) is 2.66. The molecule has 0 aliphatic rings. The van der Waals surface area contributed by atoms with Crippen molar-refractivity contribution in [3.63, 3.8) is 0 Å². The van der Waals surface area contributed by atoms with Crippen molar-refractivity contribution < 1.29 is 0 Å². The van der Waals surface area contributed by atoms with Gasteiger partial charge in [0.15, 0.2) is 0 Å². The number of hydrogen-bond acceptors (Lipinski definition) is 3. The Kier molecular flexibility index (Phi) is 4.15. The lowest BCUT2D eigenvalue weighted by atomic mass is 10.2. The van der Waals surface area contributed by atoms with E-state index in [4.69, 9.17) is 0 Å². The van der Waals surface area contributed by atoms with Crippen LogP contribution in [-0.2, 0) is 20.1 Å². The maximum atomic E-state index is 4.35. The van der Waals surface area contributed by atoms with Crippen LogP contribution in [0.15, 0.2) is 24.7 Å². The molecule has 2 aromatic heterocycles. The molecule has 0 saturated heterocycles. The van der Waals surface area contributed by atoms with Crippen molar-refractivity contribution >= 4 is 0 Å². The Labute approximate surface area is 108 Å². The quantitative estimate of drug-likeness (QED) is 0.839. The van der Waals surface area contributed by atoms with E-state index in [9.17, 15) is 0 Å². The Morgan fingerprint density at radius 1 is 1.39 bits per heavy atom. The highest BCUT2D eigenvalue weighted by atomic mass is 15.3. The molecule has 0 spiro atoms. The van der Waals surface area contributed by atoms with Crippen molar-refractivity contribution in [2.45, 2.75) is 26.9 Å². The molecule has 2 rings (SSSR count). The first-order valence-corrected chi connectivity index (χ1v) is 6.34. The largest absolute Gasteiger partial charge is 0.312 e. The van der Waals surface area contributed by atoms with E-state index < -0.39 is 0 Å². The zero-order chi connectivity index (χ0) is 13.0. The van der Waals surface area contributed by atoms with Crippen LogP contribution in [0, 0.1) is 5.92 Å². The van der Waals surface area contributed by atoms with Gasteiger partial charge in [0.1, 0.15) is 0 Å². The molecule has 0 bridgehead atoms. The lowest BCUT2D eigenvalue weighted by Gasteiger charge is -2.05. The Hall–Kier alpha value is -1.62. The van der Waals surface area contributed by atoms with Gasteiger partial charge in [-0.05, 0) is 18.5 Å². The minimum absolute atomic E-state index is 0.675. The highest BCUT2D eigenvalue weighted by Crippen LogP contribution is 2.02. The van der Waals surface area contributed by atoms with Crippen LogP contribution in [0.4, 0.5) is 0 Å². The summed E-state index contributed by atoms with van der Waals surface area (Å²) in [5, 5.41) is 12.1. The molecule has 0 fully saturated rings. The molecular formula is C13H21N5. The highest BCUT2D eigenvalue weighted by Gasteiger charge is 2.02. The fraction of sp³-hybridized carbons (Fsp3) is 0.538. The number of nitrogens with one attached hydrogen (secondary N) is 1. The number of hydrogen-bond donors (Lipinski definition) is 1. The fourth-order valence-electron chi connectivity index (χ4n) is 1.80. The average Bonchev–Trinajstić information content (AvgIpc) is 2.89. The van der Waals surface area contributed by atoms with Gasteiger partial charge in [0, 0.05) is 31.5 Å². The van der Waals surface area contributed by atoms with Crippen molar-refractivity contribution in [1.29, 1.82) is 0 Å². The second-order valence-corrected chi connectivity index (χ2v) is 5.05. The molecular weight excluding hydrogens is 226 g/mol. The summed E-state index contributed by atoms with van der Waals surface area (Å²) < 4.78 is 3.73. The van der Waals surface area contributed by atoms with Crippen LogP contribution in [0.3, 0.4) is 0 Å². The van der Waals surface area contributed by atoms with Crippen molar-refractivity contribution in [1.82, 2.24) is 24.9 Å². The van der Waals surface area contributed by atoms with Crippen LogP contribution >= 0.6 is 0 Å². The van der Waals surface area contributed by atoms with E-state index in [0.29, 0.717) is 5.92 Å². The lowest BCUT2D eigenvalue weighted by Crippen LogP contribution is -2.18. The van der Waals surface area contributed by atoms with Crippen molar-refractivity contribution in [3.8, 4) is 0 Å². The summed E-state index contributed by atoms with van der Waals surface area (Å²) >= 11 is 0. The number of nitrogens with zero attached hydrogens (tertiary/aromatic N) is 4. The van der Waals surface area contributed by atoms with Gasteiger partial charge in [-0.25, -0.2) is 0 Å². The maximum absolute atomic E-state index is 4.35. The van der Waals surface area contributed by atoms with Crippen LogP contribution in [0.5, 0.6) is 0 Å². The molecule has 98 valence electrons. The summed E-state index contributed by atoms with van der Waals surface area (Å²) in [7, 11) is 1.92.